The maximum absolute atomic E-state index is 5.80. The molecule has 0 amide bonds. The molecule has 0 radical (unpaired) electrons. The summed E-state index contributed by atoms with van der Waals surface area (Å²) in [6.45, 7) is 1.97. The minimum atomic E-state index is 0.0614. The Hall–Kier alpha value is -1.28. The second-order valence-corrected chi connectivity index (χ2v) is 2.97. The van der Waals surface area contributed by atoms with Gasteiger partial charge in [-0.25, -0.2) is 0 Å². The van der Waals surface area contributed by atoms with E-state index in [1.165, 1.54) is 0 Å². The number of benzene rings is 1. The first-order chi connectivity index (χ1) is 5.79. The largest absolute Gasteiger partial charge is 0.464 e. The van der Waals surface area contributed by atoms with Crippen LogP contribution in [0.1, 0.15) is 18.5 Å². The number of hydrogen-bond donors (Lipinski definition) is 1. The van der Waals surface area contributed by atoms with E-state index in [-0.39, 0.29) is 6.04 Å². The van der Waals surface area contributed by atoms with Crippen molar-refractivity contribution >= 4 is 11.0 Å². The highest BCUT2D eigenvalue weighted by Crippen LogP contribution is 2.23. The van der Waals surface area contributed by atoms with E-state index in [4.69, 9.17) is 10.2 Å². The molecule has 1 aromatic heterocycles. The van der Waals surface area contributed by atoms with Crippen molar-refractivity contribution in [1.29, 1.82) is 0 Å². The lowest BCUT2D eigenvalue weighted by Gasteiger charge is -2.05. The minimum absolute atomic E-state index is 0.0614. The third-order valence-corrected chi connectivity index (χ3v) is 2.02. The van der Waals surface area contributed by atoms with Gasteiger partial charge in [-0.1, -0.05) is 12.1 Å². The van der Waals surface area contributed by atoms with Crippen molar-refractivity contribution in [1.82, 2.24) is 0 Å². The molecule has 2 N–H and O–H groups in total. The summed E-state index contributed by atoms with van der Waals surface area (Å²) in [5, 5.41) is 1.12. The van der Waals surface area contributed by atoms with E-state index >= 15 is 0 Å². The monoisotopic (exact) mass is 161 g/mol. The van der Waals surface area contributed by atoms with E-state index in [1.807, 2.05) is 31.2 Å². The smallest absolute Gasteiger partial charge is 0.134 e. The van der Waals surface area contributed by atoms with Gasteiger partial charge < -0.3 is 10.2 Å². The minimum Gasteiger partial charge on any atom is -0.464 e. The molecule has 0 saturated heterocycles. The van der Waals surface area contributed by atoms with Crippen molar-refractivity contribution in [2.24, 2.45) is 5.73 Å². The van der Waals surface area contributed by atoms with Gasteiger partial charge in [0, 0.05) is 11.4 Å². The molecule has 0 aliphatic carbocycles. The predicted molar refractivity (Wildman–Crippen MR) is 48.8 cm³/mol. The SMILES string of the molecule is C[C@@H](N)c1cccc2occc12. The summed E-state index contributed by atoms with van der Waals surface area (Å²) in [7, 11) is 0. The lowest BCUT2D eigenvalue weighted by atomic mass is 10.1. The molecule has 2 aromatic rings. The van der Waals surface area contributed by atoms with Crippen molar-refractivity contribution in [2.75, 3.05) is 0 Å². The van der Waals surface area contributed by atoms with E-state index in [2.05, 4.69) is 0 Å². The molecule has 2 rings (SSSR count). The van der Waals surface area contributed by atoms with Crippen molar-refractivity contribution in [2.45, 2.75) is 13.0 Å². The molecule has 0 aliphatic rings. The van der Waals surface area contributed by atoms with Gasteiger partial charge in [0.1, 0.15) is 5.58 Å². The molecule has 0 fully saturated rings. The van der Waals surface area contributed by atoms with Crippen LogP contribution in [-0.2, 0) is 0 Å². The summed E-state index contributed by atoms with van der Waals surface area (Å²) in [6, 6.07) is 7.95. The standard InChI is InChI=1S/C10H11NO/c1-7(11)8-3-2-4-10-9(8)5-6-12-10/h2-7H,11H2,1H3/t7-/m1/s1. The lowest BCUT2D eigenvalue weighted by Crippen LogP contribution is -2.04. The molecule has 1 aromatic carbocycles. The van der Waals surface area contributed by atoms with Gasteiger partial charge in [-0.15, -0.1) is 0 Å². The first-order valence-corrected chi connectivity index (χ1v) is 4.01. The van der Waals surface area contributed by atoms with Crippen LogP contribution in [0.25, 0.3) is 11.0 Å². The Morgan fingerprint density at radius 2 is 2.17 bits per heavy atom. The fourth-order valence-corrected chi connectivity index (χ4v) is 1.41. The van der Waals surface area contributed by atoms with Gasteiger partial charge in [0.15, 0.2) is 0 Å². The molecule has 0 unspecified atom stereocenters. The number of nitrogens with two attached hydrogens (primary N) is 1. The second kappa shape index (κ2) is 2.64. The molecule has 0 aliphatic heterocycles. The number of fused-ring (bicyclic) bond motifs is 1. The van der Waals surface area contributed by atoms with Crippen LogP contribution in [0.3, 0.4) is 0 Å². The Morgan fingerprint density at radius 1 is 1.33 bits per heavy atom. The molecule has 0 bridgehead atoms. The zero-order valence-electron chi connectivity index (χ0n) is 6.95. The maximum Gasteiger partial charge on any atom is 0.134 e. The second-order valence-electron chi connectivity index (χ2n) is 2.97. The summed E-state index contributed by atoms with van der Waals surface area (Å²) in [5.41, 5.74) is 7.84. The Morgan fingerprint density at radius 3 is 2.92 bits per heavy atom. The van der Waals surface area contributed by atoms with Gasteiger partial charge >= 0.3 is 0 Å². The zero-order valence-corrected chi connectivity index (χ0v) is 6.95. The van der Waals surface area contributed by atoms with Gasteiger partial charge in [0.25, 0.3) is 0 Å². The molecular weight excluding hydrogens is 150 g/mol. The molecule has 2 nitrogen and oxygen atoms in total. The molecule has 12 heavy (non-hydrogen) atoms. The quantitative estimate of drug-likeness (QED) is 0.697. The van der Waals surface area contributed by atoms with E-state index in [0.717, 1.165) is 16.5 Å². The van der Waals surface area contributed by atoms with E-state index in [9.17, 15) is 0 Å². The third-order valence-electron chi connectivity index (χ3n) is 2.02. The summed E-state index contributed by atoms with van der Waals surface area (Å²) < 4.78 is 5.25. The van der Waals surface area contributed by atoms with Crippen molar-refractivity contribution in [3.8, 4) is 0 Å². The highest BCUT2D eigenvalue weighted by molar-refractivity contribution is 5.81. The number of hydrogen-bond acceptors (Lipinski definition) is 2. The van der Waals surface area contributed by atoms with Crippen LogP contribution in [-0.4, -0.2) is 0 Å². The molecule has 2 heteroatoms. The van der Waals surface area contributed by atoms with Gasteiger partial charge in [-0.2, -0.15) is 0 Å². The topological polar surface area (TPSA) is 39.2 Å². The molecule has 1 heterocycles. The van der Waals surface area contributed by atoms with Gasteiger partial charge in [-0.3, -0.25) is 0 Å². The van der Waals surface area contributed by atoms with Gasteiger partial charge in [-0.05, 0) is 24.6 Å². The maximum atomic E-state index is 5.80. The molecule has 0 spiro atoms. The fourth-order valence-electron chi connectivity index (χ4n) is 1.41. The molecular formula is C10H11NO. The highest BCUT2D eigenvalue weighted by atomic mass is 16.3. The summed E-state index contributed by atoms with van der Waals surface area (Å²) in [6.07, 6.45) is 1.69. The Kier molecular flexibility index (Phi) is 1.62. The Labute approximate surface area is 71.0 Å². The summed E-state index contributed by atoms with van der Waals surface area (Å²) in [5.74, 6) is 0. The zero-order chi connectivity index (χ0) is 8.55. The van der Waals surface area contributed by atoms with Gasteiger partial charge in [0.05, 0.1) is 6.26 Å². The fraction of sp³-hybridized carbons (Fsp3) is 0.200. The Balaban J connectivity index is 2.73. The molecule has 62 valence electrons. The normalized spacial score (nSPS) is 13.5. The van der Waals surface area contributed by atoms with Gasteiger partial charge in [0.2, 0.25) is 0 Å². The van der Waals surface area contributed by atoms with Crippen LogP contribution < -0.4 is 5.73 Å². The van der Waals surface area contributed by atoms with E-state index in [1.54, 1.807) is 6.26 Å². The predicted octanol–water partition coefficient (Wildman–Crippen LogP) is 2.45. The first-order valence-electron chi connectivity index (χ1n) is 4.01. The van der Waals surface area contributed by atoms with E-state index in [0.29, 0.717) is 0 Å². The first kappa shape index (κ1) is 7.37. The van der Waals surface area contributed by atoms with Crippen molar-refractivity contribution in [3.63, 3.8) is 0 Å². The Bertz CT molecular complexity index is 389. The molecule has 1 atom stereocenters. The van der Waals surface area contributed by atoms with Crippen LogP contribution in [0.15, 0.2) is 34.9 Å². The summed E-state index contributed by atoms with van der Waals surface area (Å²) in [4.78, 5) is 0. The highest BCUT2D eigenvalue weighted by Gasteiger charge is 2.05. The average molecular weight is 161 g/mol. The van der Waals surface area contributed by atoms with Crippen LogP contribution in [0, 0.1) is 0 Å². The molecule has 0 saturated carbocycles. The van der Waals surface area contributed by atoms with Crippen LogP contribution in [0.4, 0.5) is 0 Å². The summed E-state index contributed by atoms with van der Waals surface area (Å²) >= 11 is 0. The lowest BCUT2D eigenvalue weighted by molar-refractivity contribution is 0.615. The van der Waals surface area contributed by atoms with Crippen LogP contribution >= 0.6 is 0 Å². The number of furan rings is 1. The van der Waals surface area contributed by atoms with Crippen molar-refractivity contribution < 1.29 is 4.42 Å². The van der Waals surface area contributed by atoms with Crippen LogP contribution in [0.5, 0.6) is 0 Å². The average Bonchev–Trinajstić information content (AvgIpc) is 2.49. The van der Waals surface area contributed by atoms with E-state index < -0.39 is 0 Å². The third kappa shape index (κ3) is 1.01. The van der Waals surface area contributed by atoms with Crippen LogP contribution in [0.2, 0.25) is 0 Å². The van der Waals surface area contributed by atoms with Crippen molar-refractivity contribution in [3.05, 3.63) is 36.1 Å². The number of rotatable bonds is 1.